The second-order valence-corrected chi connectivity index (χ2v) is 12.1. The molecule has 1 aromatic heterocycles. The lowest BCUT2D eigenvalue weighted by Crippen LogP contribution is -2.54. The van der Waals surface area contributed by atoms with Crippen molar-refractivity contribution in [2.45, 2.75) is 17.8 Å². The minimum absolute atomic E-state index is 0.155. The number of benzene rings is 6. The first-order chi connectivity index (χ1) is 25.1. The summed E-state index contributed by atoms with van der Waals surface area (Å²) in [5.41, 5.74) is -1.61. The molecular formula is C43H29F6N3. The molecule has 0 aliphatic rings. The van der Waals surface area contributed by atoms with Gasteiger partial charge in [0.2, 0.25) is 5.41 Å². The Bertz CT molecular complexity index is 2130. The average molecular weight is 702 g/mol. The topological polar surface area (TPSA) is 29.0 Å². The summed E-state index contributed by atoms with van der Waals surface area (Å²) >= 11 is 0. The van der Waals surface area contributed by atoms with Crippen LogP contribution in [-0.4, -0.2) is 22.3 Å². The highest BCUT2D eigenvalue weighted by Crippen LogP contribution is 2.56. The Kier molecular flexibility index (Phi) is 9.11. The lowest BCUT2D eigenvalue weighted by atomic mass is 9.72. The van der Waals surface area contributed by atoms with E-state index in [-0.39, 0.29) is 11.4 Å². The summed E-state index contributed by atoms with van der Waals surface area (Å²) in [6, 6.07) is 46.9. The Morgan fingerprint density at radius 3 is 1.10 bits per heavy atom. The van der Waals surface area contributed by atoms with Gasteiger partial charge < -0.3 is 4.90 Å². The molecule has 3 nitrogen and oxygen atoms in total. The van der Waals surface area contributed by atoms with Crippen molar-refractivity contribution < 1.29 is 26.3 Å². The summed E-state index contributed by atoms with van der Waals surface area (Å²) in [7, 11) is 0. The van der Waals surface area contributed by atoms with Crippen LogP contribution in [0.25, 0.3) is 33.9 Å². The molecule has 0 amide bonds. The standard InChI is InChI=1S/C43H29F6N3/c44-42(45,46)41(43(47,48)49,34-25-27-37(28-26-34)52(35-17-9-3-10-18-35)36-19-11-4-12-20-36)33-23-21-32(22-24-33)40-50-38(30-13-5-1-6-14-30)29-39(51-40)31-15-7-2-8-16-31/h1-29H. The van der Waals surface area contributed by atoms with Gasteiger partial charge in [0.05, 0.1) is 11.4 Å². The monoisotopic (exact) mass is 701 g/mol. The molecule has 0 saturated heterocycles. The molecule has 0 bridgehead atoms. The third-order valence-electron chi connectivity index (χ3n) is 8.88. The van der Waals surface area contributed by atoms with Gasteiger partial charge in [-0.15, -0.1) is 0 Å². The third kappa shape index (κ3) is 6.41. The number of anilines is 3. The Hall–Kier alpha value is -6.22. The fourth-order valence-electron chi connectivity index (χ4n) is 6.40. The van der Waals surface area contributed by atoms with E-state index in [2.05, 4.69) is 9.97 Å². The van der Waals surface area contributed by atoms with Gasteiger partial charge >= 0.3 is 12.4 Å². The van der Waals surface area contributed by atoms with Crippen molar-refractivity contribution in [3.63, 3.8) is 0 Å². The van der Waals surface area contributed by atoms with Crippen LogP contribution in [-0.2, 0) is 5.41 Å². The number of hydrogen-bond acceptors (Lipinski definition) is 3. The van der Waals surface area contributed by atoms with E-state index in [1.54, 1.807) is 59.5 Å². The van der Waals surface area contributed by atoms with Crippen LogP contribution >= 0.6 is 0 Å². The molecule has 0 fully saturated rings. The second kappa shape index (κ2) is 13.8. The summed E-state index contributed by atoms with van der Waals surface area (Å²) in [5.74, 6) is 0.155. The van der Waals surface area contributed by atoms with Crippen molar-refractivity contribution in [2.24, 2.45) is 0 Å². The second-order valence-electron chi connectivity index (χ2n) is 12.1. The van der Waals surface area contributed by atoms with Crippen molar-refractivity contribution in [2.75, 3.05) is 4.90 Å². The molecule has 0 aliphatic heterocycles. The smallest absolute Gasteiger partial charge is 0.311 e. The number of aromatic nitrogens is 2. The molecule has 0 N–H and O–H groups in total. The zero-order chi connectivity index (χ0) is 36.3. The first kappa shape index (κ1) is 34.2. The Morgan fingerprint density at radius 1 is 0.365 bits per heavy atom. The molecular weight excluding hydrogens is 672 g/mol. The molecule has 9 heteroatoms. The van der Waals surface area contributed by atoms with Crippen LogP contribution in [0, 0.1) is 0 Å². The van der Waals surface area contributed by atoms with Gasteiger partial charge in [-0.25, -0.2) is 9.97 Å². The summed E-state index contributed by atoms with van der Waals surface area (Å²) in [5, 5.41) is 0. The summed E-state index contributed by atoms with van der Waals surface area (Å²) in [6.07, 6.45) is -11.5. The number of halogens is 6. The zero-order valence-corrected chi connectivity index (χ0v) is 27.4. The Balaban J connectivity index is 1.33. The SMILES string of the molecule is FC(F)(F)C(c1ccc(-c2nc(-c3ccccc3)cc(-c3ccccc3)n2)cc1)(c1ccc(N(c2ccccc2)c2ccccc2)cc1)C(F)(F)F. The molecule has 7 aromatic rings. The minimum atomic E-state index is -5.75. The largest absolute Gasteiger partial charge is 0.411 e. The predicted octanol–water partition coefficient (Wildman–Crippen LogP) is 12.4. The normalized spacial score (nSPS) is 12.0. The van der Waals surface area contributed by atoms with E-state index in [4.69, 9.17) is 0 Å². The van der Waals surface area contributed by atoms with Crippen molar-refractivity contribution >= 4 is 17.1 Å². The molecule has 1 heterocycles. The van der Waals surface area contributed by atoms with E-state index in [0.717, 1.165) is 35.4 Å². The van der Waals surface area contributed by atoms with E-state index < -0.39 is 28.9 Å². The highest BCUT2D eigenvalue weighted by Gasteiger charge is 2.72. The maximum Gasteiger partial charge on any atom is 0.411 e. The van der Waals surface area contributed by atoms with Crippen molar-refractivity contribution in [3.8, 4) is 33.9 Å². The quantitative estimate of drug-likeness (QED) is 0.148. The Morgan fingerprint density at radius 2 is 0.712 bits per heavy atom. The van der Waals surface area contributed by atoms with Crippen LogP contribution in [0.15, 0.2) is 176 Å². The molecule has 0 aliphatic carbocycles. The van der Waals surface area contributed by atoms with Crippen LogP contribution in [0.2, 0.25) is 0 Å². The summed E-state index contributed by atoms with van der Waals surface area (Å²) < 4.78 is 91.1. The van der Waals surface area contributed by atoms with E-state index in [1.807, 2.05) is 72.8 Å². The van der Waals surface area contributed by atoms with Crippen LogP contribution in [0.5, 0.6) is 0 Å². The Labute approximate surface area is 296 Å². The number of nitrogens with zero attached hydrogens (tertiary/aromatic N) is 3. The van der Waals surface area contributed by atoms with Crippen LogP contribution in [0.3, 0.4) is 0 Å². The highest BCUT2D eigenvalue weighted by molar-refractivity contribution is 5.77. The maximum absolute atomic E-state index is 15.2. The van der Waals surface area contributed by atoms with E-state index in [1.165, 1.54) is 24.3 Å². The zero-order valence-electron chi connectivity index (χ0n) is 27.4. The lowest BCUT2D eigenvalue weighted by molar-refractivity contribution is -0.288. The molecule has 0 unspecified atom stereocenters. The van der Waals surface area contributed by atoms with Crippen molar-refractivity contribution in [1.82, 2.24) is 9.97 Å². The number of hydrogen-bond donors (Lipinski definition) is 0. The molecule has 0 spiro atoms. The fraction of sp³-hybridized carbons (Fsp3) is 0.0698. The minimum Gasteiger partial charge on any atom is -0.311 e. The molecule has 7 rings (SSSR count). The first-order valence-electron chi connectivity index (χ1n) is 16.3. The van der Waals surface area contributed by atoms with Crippen LogP contribution in [0.4, 0.5) is 43.4 Å². The number of rotatable bonds is 8. The van der Waals surface area contributed by atoms with Gasteiger partial charge in [-0.1, -0.05) is 133 Å². The van der Waals surface area contributed by atoms with E-state index >= 15 is 26.3 Å². The molecule has 6 aromatic carbocycles. The molecule has 258 valence electrons. The molecule has 52 heavy (non-hydrogen) atoms. The van der Waals surface area contributed by atoms with E-state index in [0.29, 0.717) is 28.5 Å². The molecule has 0 saturated carbocycles. The summed E-state index contributed by atoms with van der Waals surface area (Å²) in [6.45, 7) is 0. The van der Waals surface area contributed by atoms with Gasteiger partial charge in [-0.05, 0) is 53.6 Å². The van der Waals surface area contributed by atoms with Gasteiger partial charge in [-0.2, -0.15) is 26.3 Å². The number of para-hydroxylation sites is 2. The molecule has 0 atom stereocenters. The van der Waals surface area contributed by atoms with Crippen LogP contribution in [0.1, 0.15) is 11.1 Å². The van der Waals surface area contributed by atoms with Gasteiger partial charge in [0.25, 0.3) is 0 Å². The lowest BCUT2D eigenvalue weighted by Gasteiger charge is -2.38. The fourth-order valence-corrected chi connectivity index (χ4v) is 6.40. The van der Waals surface area contributed by atoms with Crippen molar-refractivity contribution in [1.29, 1.82) is 0 Å². The maximum atomic E-state index is 15.2. The summed E-state index contributed by atoms with van der Waals surface area (Å²) in [4.78, 5) is 11.1. The van der Waals surface area contributed by atoms with Crippen molar-refractivity contribution in [3.05, 3.63) is 187 Å². The first-order valence-corrected chi connectivity index (χ1v) is 16.3. The van der Waals surface area contributed by atoms with E-state index in [9.17, 15) is 0 Å². The van der Waals surface area contributed by atoms with Gasteiger partial charge in [0, 0.05) is 33.8 Å². The van der Waals surface area contributed by atoms with Gasteiger partial charge in [-0.3, -0.25) is 0 Å². The average Bonchev–Trinajstić information content (AvgIpc) is 3.16. The van der Waals surface area contributed by atoms with Gasteiger partial charge in [0.1, 0.15) is 0 Å². The third-order valence-corrected chi connectivity index (χ3v) is 8.88. The van der Waals surface area contributed by atoms with Crippen LogP contribution < -0.4 is 4.90 Å². The predicted molar refractivity (Wildman–Crippen MR) is 192 cm³/mol. The highest BCUT2D eigenvalue weighted by atomic mass is 19.4. The molecule has 0 radical (unpaired) electrons. The number of alkyl halides is 6. The van der Waals surface area contributed by atoms with Gasteiger partial charge in [0.15, 0.2) is 5.82 Å².